The number of methoxy groups -OCH3 is 1. The van der Waals surface area contributed by atoms with Crippen LogP contribution in [0.1, 0.15) is 51.3 Å². The number of aromatic carboxylic acids is 1. The molecule has 2 aliphatic rings. The van der Waals surface area contributed by atoms with Crippen molar-refractivity contribution in [3.63, 3.8) is 0 Å². The molecule has 0 unspecified atom stereocenters. The number of carbonyl (C=O) groups is 2. The third-order valence-corrected chi connectivity index (χ3v) is 8.74. The first-order valence-electron chi connectivity index (χ1n) is 15.2. The number of hydrogen-bond acceptors (Lipinski definition) is 8. The van der Waals surface area contributed by atoms with Gasteiger partial charge in [-0.15, -0.1) is 0 Å². The second-order valence-electron chi connectivity index (χ2n) is 12.1. The lowest BCUT2D eigenvalue weighted by Crippen LogP contribution is -2.51. The van der Waals surface area contributed by atoms with Crippen LogP contribution in [0.2, 0.25) is 0 Å². The molecule has 0 aliphatic carbocycles. The molecule has 0 bridgehead atoms. The molecule has 48 heavy (non-hydrogen) atoms. The van der Waals surface area contributed by atoms with E-state index in [2.05, 4.69) is 4.98 Å². The Morgan fingerprint density at radius 2 is 1.79 bits per heavy atom. The van der Waals surface area contributed by atoms with Crippen molar-refractivity contribution in [1.82, 2.24) is 14.9 Å². The summed E-state index contributed by atoms with van der Waals surface area (Å²) in [6.07, 6.45) is -5.13. The van der Waals surface area contributed by atoms with E-state index in [-0.39, 0.29) is 17.7 Å². The highest BCUT2D eigenvalue weighted by Crippen LogP contribution is 2.41. The number of β-amino-alcohol motifs (C(OH)–C–C–N with tert-alkyl or cyclic N) is 1. The molecule has 0 radical (unpaired) electrons. The molecule has 0 spiro atoms. The van der Waals surface area contributed by atoms with Crippen molar-refractivity contribution in [2.45, 2.75) is 51.7 Å². The average Bonchev–Trinajstić information content (AvgIpc) is 3.30. The SMILES string of the molecule is COc1ccc(-c2ccc(C(=O)O)cc2C)cc1-c1cnc(N2CC(O)C2)nc1CN1C(=O)O[C@H](c2cc(C)cc(C(F)(F)F)c2)[C@@H]1C. The lowest BCUT2D eigenvalue weighted by Gasteiger charge is -2.36. The van der Waals surface area contributed by atoms with Gasteiger partial charge in [0, 0.05) is 30.4 Å². The Balaban J connectivity index is 1.40. The van der Waals surface area contributed by atoms with E-state index in [1.54, 1.807) is 49.2 Å². The lowest BCUT2D eigenvalue weighted by atomic mass is 9.94. The second kappa shape index (κ2) is 12.5. The fourth-order valence-electron chi connectivity index (χ4n) is 6.19. The first-order chi connectivity index (χ1) is 22.7. The minimum atomic E-state index is -4.56. The highest BCUT2D eigenvalue weighted by atomic mass is 19.4. The van der Waals surface area contributed by atoms with Gasteiger partial charge in [-0.3, -0.25) is 4.90 Å². The fraction of sp³-hybridized carbons (Fsp3) is 0.314. The number of cyclic esters (lactones) is 1. The number of amides is 1. The van der Waals surface area contributed by atoms with Gasteiger partial charge in [-0.25, -0.2) is 19.6 Å². The topological polar surface area (TPSA) is 125 Å². The Hall–Kier alpha value is -5.17. The Bertz CT molecular complexity index is 1910. The molecule has 13 heteroatoms. The smallest absolute Gasteiger partial charge is 0.416 e. The third kappa shape index (κ3) is 6.25. The molecule has 0 saturated carbocycles. The van der Waals surface area contributed by atoms with Crippen molar-refractivity contribution in [2.24, 2.45) is 0 Å². The molecular weight excluding hydrogens is 629 g/mol. The summed E-state index contributed by atoms with van der Waals surface area (Å²) in [6, 6.07) is 13.3. The number of aliphatic hydroxyl groups excluding tert-OH is 1. The number of aromatic nitrogens is 2. The van der Waals surface area contributed by atoms with E-state index in [0.717, 1.165) is 28.8 Å². The summed E-state index contributed by atoms with van der Waals surface area (Å²) in [5.41, 5.74) is 3.87. The molecule has 2 aliphatic heterocycles. The van der Waals surface area contributed by atoms with Gasteiger partial charge in [0.1, 0.15) is 11.9 Å². The van der Waals surface area contributed by atoms with Crippen molar-refractivity contribution in [2.75, 3.05) is 25.1 Å². The predicted octanol–water partition coefficient (Wildman–Crippen LogP) is 6.42. The second-order valence-corrected chi connectivity index (χ2v) is 12.1. The maximum atomic E-state index is 13.6. The van der Waals surface area contributed by atoms with Crippen LogP contribution in [0.5, 0.6) is 5.75 Å². The fourth-order valence-corrected chi connectivity index (χ4v) is 6.19. The Morgan fingerprint density at radius 1 is 1.04 bits per heavy atom. The van der Waals surface area contributed by atoms with E-state index in [9.17, 15) is 33.0 Å². The standard InChI is InChI=1S/C35H33F3N4O6/c1-18-9-23(12-24(10-18)35(36,37)38)31-20(3)42(34(46)48-31)17-29-28(14-39-33(40-29)41-15-25(43)16-41)27-13-21(6-8-30(27)47-4)26-7-5-22(32(44)45)11-19(26)2/h5-14,20,25,31,43H,15-17H2,1-4H3,(H,44,45)/t20-,31-/m0/s1. The maximum Gasteiger partial charge on any atom is 0.416 e. The number of carboxylic acid groups (broad SMARTS) is 1. The molecule has 4 aromatic rings. The van der Waals surface area contributed by atoms with Crippen molar-refractivity contribution in [3.05, 3.63) is 94.3 Å². The number of carbonyl (C=O) groups excluding carboxylic acids is 1. The molecule has 2 atom stereocenters. The number of hydrogen-bond donors (Lipinski definition) is 2. The largest absolute Gasteiger partial charge is 0.496 e. The highest BCUT2D eigenvalue weighted by molar-refractivity contribution is 5.89. The number of nitrogens with zero attached hydrogens (tertiary/aromatic N) is 4. The number of alkyl halides is 3. The molecule has 2 N–H and O–H groups in total. The highest BCUT2D eigenvalue weighted by Gasteiger charge is 2.42. The predicted molar refractivity (Wildman–Crippen MR) is 170 cm³/mol. The molecule has 2 saturated heterocycles. The summed E-state index contributed by atoms with van der Waals surface area (Å²) >= 11 is 0. The average molecular weight is 663 g/mol. The van der Waals surface area contributed by atoms with Crippen LogP contribution in [0.25, 0.3) is 22.3 Å². The summed E-state index contributed by atoms with van der Waals surface area (Å²) in [7, 11) is 1.52. The van der Waals surface area contributed by atoms with E-state index in [1.807, 2.05) is 19.1 Å². The Kier molecular flexibility index (Phi) is 8.50. The zero-order chi connectivity index (χ0) is 34.5. The molecule has 6 rings (SSSR count). The molecule has 1 amide bonds. The van der Waals surface area contributed by atoms with Crippen LogP contribution >= 0.6 is 0 Å². The van der Waals surface area contributed by atoms with Crippen LogP contribution < -0.4 is 9.64 Å². The third-order valence-electron chi connectivity index (χ3n) is 8.74. The minimum absolute atomic E-state index is 0.0601. The molecule has 10 nitrogen and oxygen atoms in total. The number of carboxylic acids is 1. The number of halogens is 3. The van der Waals surface area contributed by atoms with Crippen LogP contribution in [0.15, 0.2) is 60.8 Å². The van der Waals surface area contributed by atoms with Gasteiger partial charge in [0.2, 0.25) is 5.95 Å². The van der Waals surface area contributed by atoms with E-state index in [0.29, 0.717) is 47.2 Å². The number of benzene rings is 3. The van der Waals surface area contributed by atoms with Gasteiger partial charge >= 0.3 is 18.2 Å². The number of rotatable bonds is 8. The molecule has 3 aromatic carbocycles. The summed E-state index contributed by atoms with van der Waals surface area (Å²) in [6.45, 7) is 5.70. The number of anilines is 1. The zero-order valence-electron chi connectivity index (χ0n) is 26.6. The summed E-state index contributed by atoms with van der Waals surface area (Å²) in [5.74, 6) is -0.193. The van der Waals surface area contributed by atoms with Crippen LogP contribution in [0.4, 0.5) is 23.9 Å². The molecule has 250 valence electrons. The maximum absolute atomic E-state index is 13.6. The quantitative estimate of drug-likeness (QED) is 0.220. The van der Waals surface area contributed by atoms with Crippen molar-refractivity contribution in [3.8, 4) is 28.0 Å². The van der Waals surface area contributed by atoms with Crippen molar-refractivity contribution >= 4 is 18.0 Å². The van der Waals surface area contributed by atoms with Gasteiger partial charge in [-0.05, 0) is 79.4 Å². The lowest BCUT2D eigenvalue weighted by molar-refractivity contribution is -0.137. The zero-order valence-corrected chi connectivity index (χ0v) is 26.6. The van der Waals surface area contributed by atoms with Crippen LogP contribution in [0, 0.1) is 13.8 Å². The normalized spacial score (nSPS) is 18.1. The van der Waals surface area contributed by atoms with Gasteiger partial charge in [0.15, 0.2) is 0 Å². The van der Waals surface area contributed by atoms with Gasteiger partial charge in [0.25, 0.3) is 0 Å². The van der Waals surface area contributed by atoms with E-state index in [1.165, 1.54) is 18.1 Å². The van der Waals surface area contributed by atoms with Crippen LogP contribution in [0.3, 0.4) is 0 Å². The van der Waals surface area contributed by atoms with Crippen LogP contribution in [-0.4, -0.2) is 69.5 Å². The monoisotopic (exact) mass is 662 g/mol. The summed E-state index contributed by atoms with van der Waals surface area (Å²) in [5, 5.41) is 19.3. The number of aryl methyl sites for hydroxylation is 2. The summed E-state index contributed by atoms with van der Waals surface area (Å²) in [4.78, 5) is 37.4. The molecule has 1 aromatic heterocycles. The van der Waals surface area contributed by atoms with Gasteiger partial charge in [0.05, 0.1) is 42.6 Å². The first-order valence-corrected chi connectivity index (χ1v) is 15.2. The summed E-state index contributed by atoms with van der Waals surface area (Å²) < 4.78 is 52.3. The Morgan fingerprint density at radius 3 is 2.44 bits per heavy atom. The van der Waals surface area contributed by atoms with E-state index >= 15 is 0 Å². The van der Waals surface area contributed by atoms with E-state index in [4.69, 9.17) is 14.5 Å². The van der Waals surface area contributed by atoms with Crippen molar-refractivity contribution in [1.29, 1.82) is 0 Å². The molecule has 3 heterocycles. The van der Waals surface area contributed by atoms with Gasteiger partial charge in [-0.2, -0.15) is 13.2 Å². The molecular formula is C35H33F3N4O6. The number of ether oxygens (including phenoxy) is 2. The van der Waals surface area contributed by atoms with Crippen LogP contribution in [-0.2, 0) is 17.5 Å². The van der Waals surface area contributed by atoms with Crippen molar-refractivity contribution < 1.29 is 42.4 Å². The number of aliphatic hydroxyl groups is 1. The Labute approximate surface area is 274 Å². The van der Waals surface area contributed by atoms with Gasteiger partial charge in [-0.1, -0.05) is 23.8 Å². The van der Waals surface area contributed by atoms with Gasteiger partial charge < -0.3 is 24.6 Å². The first kappa shape index (κ1) is 32.8. The van der Waals surface area contributed by atoms with E-state index < -0.39 is 42.1 Å². The minimum Gasteiger partial charge on any atom is -0.496 e. The molecule has 2 fully saturated rings.